The predicted molar refractivity (Wildman–Crippen MR) is 73.6 cm³/mol. The number of carbonyl (C=O) groups excluding carboxylic acids is 3. The summed E-state index contributed by atoms with van der Waals surface area (Å²) < 4.78 is 0. The van der Waals surface area contributed by atoms with Crippen LogP contribution >= 0.6 is 0 Å². The third-order valence-electron chi connectivity index (χ3n) is 4.18. The minimum absolute atomic E-state index is 0.0510. The van der Waals surface area contributed by atoms with Gasteiger partial charge in [-0.25, -0.2) is 0 Å². The maximum atomic E-state index is 12.2. The Morgan fingerprint density at radius 1 is 1.14 bits per heavy atom. The number of nitrogens with zero attached hydrogens (tertiary/aromatic N) is 2. The summed E-state index contributed by atoms with van der Waals surface area (Å²) in [4.78, 5) is 36.6. The Hall–Kier alpha value is -2.48. The van der Waals surface area contributed by atoms with Crippen molar-refractivity contribution in [2.24, 2.45) is 5.41 Å². The molecule has 0 unspecified atom stereocenters. The molecule has 0 radical (unpaired) electrons. The zero-order valence-corrected chi connectivity index (χ0v) is 11.5. The van der Waals surface area contributed by atoms with E-state index in [2.05, 4.69) is 0 Å². The minimum atomic E-state index is -0.243. The summed E-state index contributed by atoms with van der Waals surface area (Å²) >= 11 is 0. The van der Waals surface area contributed by atoms with Crippen LogP contribution in [0.25, 0.3) is 0 Å². The fourth-order valence-electron chi connectivity index (χ4n) is 3.07. The van der Waals surface area contributed by atoms with Gasteiger partial charge in [-0.15, -0.1) is 0 Å². The van der Waals surface area contributed by atoms with E-state index in [0.717, 1.165) is 0 Å². The van der Waals surface area contributed by atoms with Crippen LogP contribution in [0.5, 0.6) is 0 Å². The van der Waals surface area contributed by atoms with Crippen molar-refractivity contribution in [3.8, 4) is 6.07 Å². The van der Waals surface area contributed by atoms with Crippen LogP contribution in [0.3, 0.4) is 0 Å². The number of carbonyl (C=O) groups is 3. The maximum Gasteiger partial charge on any atom is 0.253 e. The van der Waals surface area contributed by atoms with Gasteiger partial charge >= 0.3 is 0 Å². The highest BCUT2D eigenvalue weighted by Gasteiger charge is 2.53. The summed E-state index contributed by atoms with van der Waals surface area (Å²) in [5.74, 6) is -0.0332. The lowest BCUT2D eigenvalue weighted by Gasteiger charge is -2.54. The van der Waals surface area contributed by atoms with Crippen LogP contribution in [-0.4, -0.2) is 35.5 Å². The van der Waals surface area contributed by atoms with Gasteiger partial charge in [-0.3, -0.25) is 14.4 Å². The normalized spacial score (nSPS) is 18.6. The molecule has 1 aliphatic heterocycles. The highest BCUT2D eigenvalue weighted by molar-refractivity contribution is 6.00. The molecule has 21 heavy (non-hydrogen) atoms. The number of rotatable bonds is 3. The molecule has 2 aliphatic rings. The van der Waals surface area contributed by atoms with Crippen LogP contribution in [0.4, 0.5) is 0 Å². The number of nitriles is 1. The molecule has 1 spiro atoms. The van der Waals surface area contributed by atoms with Gasteiger partial charge in [0.25, 0.3) is 5.91 Å². The van der Waals surface area contributed by atoms with Crippen molar-refractivity contribution in [1.82, 2.24) is 4.90 Å². The van der Waals surface area contributed by atoms with Crippen molar-refractivity contribution in [2.45, 2.75) is 19.3 Å². The summed E-state index contributed by atoms with van der Waals surface area (Å²) in [7, 11) is 0. The van der Waals surface area contributed by atoms with Crippen molar-refractivity contribution >= 4 is 17.5 Å². The lowest BCUT2D eigenvalue weighted by molar-refractivity contribution is -0.142. The monoisotopic (exact) mass is 282 g/mol. The minimum Gasteiger partial charge on any atom is -0.337 e. The van der Waals surface area contributed by atoms with E-state index < -0.39 is 0 Å². The fourth-order valence-corrected chi connectivity index (χ4v) is 3.07. The second-order valence-electron chi connectivity index (χ2n) is 5.89. The number of benzene rings is 1. The third-order valence-corrected chi connectivity index (χ3v) is 4.18. The highest BCUT2D eigenvalue weighted by atomic mass is 16.2. The first kappa shape index (κ1) is 13.5. The van der Waals surface area contributed by atoms with Crippen LogP contribution in [0.2, 0.25) is 0 Å². The molecule has 0 N–H and O–H groups in total. The molecule has 1 saturated heterocycles. The topological polar surface area (TPSA) is 78.2 Å². The summed E-state index contributed by atoms with van der Waals surface area (Å²) in [5, 5.41) is 8.49. The Kier molecular flexibility index (Phi) is 3.09. The first-order valence-corrected chi connectivity index (χ1v) is 6.84. The van der Waals surface area contributed by atoms with Crippen molar-refractivity contribution < 1.29 is 14.4 Å². The van der Waals surface area contributed by atoms with Gasteiger partial charge < -0.3 is 4.90 Å². The van der Waals surface area contributed by atoms with Crippen molar-refractivity contribution in [2.75, 3.05) is 13.1 Å². The van der Waals surface area contributed by atoms with Crippen molar-refractivity contribution in [1.29, 1.82) is 5.26 Å². The Morgan fingerprint density at radius 3 is 2.24 bits per heavy atom. The first-order chi connectivity index (χ1) is 10.0. The molecular formula is C16H14N2O3. The zero-order chi connectivity index (χ0) is 15.0. The average molecular weight is 282 g/mol. The Bertz CT molecular complexity index is 654. The zero-order valence-electron chi connectivity index (χ0n) is 11.5. The summed E-state index contributed by atoms with van der Waals surface area (Å²) in [6, 6.07) is 8.20. The van der Waals surface area contributed by atoms with Gasteiger partial charge in [-0.05, 0) is 12.1 Å². The number of hydrogen-bond acceptors (Lipinski definition) is 4. The molecule has 1 aromatic rings. The van der Waals surface area contributed by atoms with Gasteiger partial charge in [-0.2, -0.15) is 5.26 Å². The lowest BCUT2D eigenvalue weighted by atomic mass is 9.62. The van der Waals surface area contributed by atoms with Crippen molar-refractivity contribution in [3.63, 3.8) is 0 Å². The van der Waals surface area contributed by atoms with E-state index in [-0.39, 0.29) is 29.3 Å². The molecule has 1 aromatic carbocycles. The Labute approximate surface area is 122 Å². The molecule has 0 bridgehead atoms. The molecule has 0 atom stereocenters. The van der Waals surface area contributed by atoms with E-state index in [1.807, 2.05) is 6.07 Å². The molecule has 0 aromatic heterocycles. The van der Waals surface area contributed by atoms with Gasteiger partial charge in [0.1, 0.15) is 5.78 Å². The number of hydrogen-bond donors (Lipinski definition) is 0. The quantitative estimate of drug-likeness (QED) is 0.789. The van der Waals surface area contributed by atoms with Crippen LogP contribution in [0, 0.1) is 16.7 Å². The van der Waals surface area contributed by atoms with Crippen LogP contribution in [0.15, 0.2) is 24.3 Å². The second kappa shape index (κ2) is 4.81. The molecule has 2 fully saturated rings. The molecule has 1 saturated carbocycles. The molecule has 106 valence electrons. The van der Waals surface area contributed by atoms with Gasteiger partial charge in [-0.1, -0.05) is 12.1 Å². The summed E-state index contributed by atoms with van der Waals surface area (Å²) in [6.07, 6.45) is 1.03. The predicted octanol–water partition coefficient (Wildman–Crippen LogP) is 1.59. The largest absolute Gasteiger partial charge is 0.337 e. The summed E-state index contributed by atoms with van der Waals surface area (Å²) in [6.45, 7) is 1.29. The van der Waals surface area contributed by atoms with Crippen LogP contribution in [-0.2, 0) is 4.79 Å². The fraction of sp³-hybridized carbons (Fsp3) is 0.375. The van der Waals surface area contributed by atoms with Gasteiger partial charge in [0.2, 0.25) is 0 Å². The Balaban J connectivity index is 1.63. The van der Waals surface area contributed by atoms with Crippen molar-refractivity contribution in [3.05, 3.63) is 35.4 Å². The van der Waals surface area contributed by atoms with Gasteiger partial charge in [0.15, 0.2) is 5.78 Å². The van der Waals surface area contributed by atoms with Crippen LogP contribution in [0.1, 0.15) is 40.0 Å². The van der Waals surface area contributed by atoms with E-state index in [1.54, 1.807) is 29.2 Å². The van der Waals surface area contributed by atoms with E-state index in [1.165, 1.54) is 0 Å². The molecule has 5 nitrogen and oxygen atoms in total. The SMILES string of the molecule is N#CCC(=O)c1ccc(C(=O)N2CC3(CC(=O)C3)C2)cc1. The molecule has 5 heteroatoms. The van der Waals surface area contributed by atoms with E-state index >= 15 is 0 Å². The molecule has 1 aliphatic carbocycles. The number of likely N-dealkylation sites (tertiary alicyclic amines) is 1. The second-order valence-corrected chi connectivity index (χ2v) is 5.89. The summed E-state index contributed by atoms with van der Waals surface area (Å²) in [5.41, 5.74) is 1.02. The molecular weight excluding hydrogens is 268 g/mol. The number of ketones is 2. The van der Waals surface area contributed by atoms with E-state index in [4.69, 9.17) is 5.26 Å². The lowest BCUT2D eigenvalue weighted by Crippen LogP contribution is -2.64. The smallest absolute Gasteiger partial charge is 0.253 e. The molecule has 1 heterocycles. The van der Waals surface area contributed by atoms with Gasteiger partial charge in [0, 0.05) is 42.5 Å². The average Bonchev–Trinajstić information content (AvgIpc) is 2.41. The highest BCUT2D eigenvalue weighted by Crippen LogP contribution is 2.46. The first-order valence-electron chi connectivity index (χ1n) is 6.84. The number of amides is 1. The Morgan fingerprint density at radius 2 is 1.71 bits per heavy atom. The number of Topliss-reactive ketones (excluding diaryl/α,β-unsaturated/α-hetero) is 2. The van der Waals surface area contributed by atoms with E-state index in [0.29, 0.717) is 37.1 Å². The molecule has 3 rings (SSSR count). The molecule has 1 amide bonds. The third kappa shape index (κ3) is 2.33. The van der Waals surface area contributed by atoms with Crippen LogP contribution < -0.4 is 0 Å². The maximum absolute atomic E-state index is 12.2. The standard InChI is InChI=1S/C16H14N2O3/c17-6-5-14(20)11-1-3-12(4-2-11)15(21)18-9-16(10-18)7-13(19)8-16/h1-4H,5,7-10H2. The van der Waals surface area contributed by atoms with Gasteiger partial charge in [0.05, 0.1) is 12.5 Å². The van der Waals surface area contributed by atoms with E-state index in [9.17, 15) is 14.4 Å².